The summed E-state index contributed by atoms with van der Waals surface area (Å²) in [7, 11) is 0. The van der Waals surface area contributed by atoms with Crippen LogP contribution < -0.4 is 0 Å². The highest BCUT2D eigenvalue weighted by molar-refractivity contribution is 5.69. The van der Waals surface area contributed by atoms with E-state index in [2.05, 4.69) is 6.92 Å². The minimum absolute atomic E-state index is 0.139. The number of rotatable bonds is 3. The van der Waals surface area contributed by atoms with Crippen molar-refractivity contribution in [3.8, 4) is 0 Å². The van der Waals surface area contributed by atoms with Gasteiger partial charge in [0.05, 0.1) is 12.6 Å². The first-order valence-corrected chi connectivity index (χ1v) is 6.51. The zero-order valence-corrected chi connectivity index (χ0v) is 11.4. The first-order chi connectivity index (χ1) is 7.83. The number of carbonyl (C=O) groups excluding carboxylic acids is 1. The van der Waals surface area contributed by atoms with Gasteiger partial charge >= 0.3 is 6.09 Å². The number of amides is 1. The molecule has 17 heavy (non-hydrogen) atoms. The van der Waals surface area contributed by atoms with Gasteiger partial charge in [-0.25, -0.2) is 4.79 Å². The zero-order chi connectivity index (χ0) is 13.1. The van der Waals surface area contributed by atoms with Gasteiger partial charge in [0.1, 0.15) is 5.60 Å². The third-order valence-electron chi connectivity index (χ3n) is 2.91. The quantitative estimate of drug-likeness (QED) is 0.828. The summed E-state index contributed by atoms with van der Waals surface area (Å²) >= 11 is 0. The molecule has 1 amide bonds. The molecule has 2 atom stereocenters. The van der Waals surface area contributed by atoms with Crippen LogP contribution in [0.4, 0.5) is 4.79 Å². The van der Waals surface area contributed by atoms with E-state index in [0.29, 0.717) is 13.0 Å². The van der Waals surface area contributed by atoms with Crippen LogP contribution >= 0.6 is 0 Å². The fraction of sp³-hybridized carbons (Fsp3) is 0.923. The second-order valence-electron chi connectivity index (χ2n) is 5.82. The Morgan fingerprint density at radius 1 is 1.47 bits per heavy atom. The highest BCUT2D eigenvalue weighted by Gasteiger charge is 2.36. The molecule has 0 aromatic carbocycles. The molecule has 1 heterocycles. The third-order valence-corrected chi connectivity index (χ3v) is 2.91. The van der Waals surface area contributed by atoms with E-state index in [1.807, 2.05) is 20.8 Å². The summed E-state index contributed by atoms with van der Waals surface area (Å²) in [5, 5.41) is 9.67. The molecular weight excluding hydrogens is 218 g/mol. The molecule has 0 bridgehead atoms. The molecule has 0 aliphatic carbocycles. The molecule has 4 nitrogen and oxygen atoms in total. The predicted molar refractivity (Wildman–Crippen MR) is 66.9 cm³/mol. The fourth-order valence-corrected chi connectivity index (χ4v) is 2.15. The maximum Gasteiger partial charge on any atom is 0.410 e. The summed E-state index contributed by atoms with van der Waals surface area (Å²) in [5.41, 5.74) is -0.472. The maximum atomic E-state index is 12.0. The summed E-state index contributed by atoms with van der Waals surface area (Å²) < 4.78 is 5.36. The number of hydrogen-bond acceptors (Lipinski definition) is 3. The topological polar surface area (TPSA) is 49.8 Å². The largest absolute Gasteiger partial charge is 0.444 e. The Labute approximate surface area is 104 Å². The van der Waals surface area contributed by atoms with Gasteiger partial charge in [0.15, 0.2) is 0 Å². The van der Waals surface area contributed by atoms with Crippen molar-refractivity contribution in [2.45, 2.75) is 71.1 Å². The minimum atomic E-state index is -0.472. The van der Waals surface area contributed by atoms with Gasteiger partial charge in [0.25, 0.3) is 0 Å². The van der Waals surface area contributed by atoms with Gasteiger partial charge in [0.2, 0.25) is 0 Å². The summed E-state index contributed by atoms with van der Waals surface area (Å²) in [5.74, 6) is 0. The van der Waals surface area contributed by atoms with Crippen molar-refractivity contribution in [2.75, 3.05) is 6.54 Å². The number of nitrogens with zero attached hydrogens (tertiary/aromatic N) is 1. The number of carbonyl (C=O) groups is 1. The SMILES string of the molecule is CCCCC1CC(O)CN1C(=O)OC(C)(C)C. The fourth-order valence-electron chi connectivity index (χ4n) is 2.15. The molecule has 4 heteroatoms. The molecule has 1 aliphatic heterocycles. The van der Waals surface area contributed by atoms with Crippen LogP contribution in [-0.2, 0) is 4.74 Å². The van der Waals surface area contributed by atoms with Crippen LogP contribution in [-0.4, -0.2) is 40.4 Å². The Morgan fingerprint density at radius 2 is 2.12 bits per heavy atom. The Hall–Kier alpha value is -0.770. The Morgan fingerprint density at radius 3 is 2.65 bits per heavy atom. The molecule has 1 rings (SSSR count). The second-order valence-corrected chi connectivity index (χ2v) is 5.82. The number of β-amino-alcohol motifs (C(OH)–C–C–N with tert-alkyl or cyclic N) is 1. The Balaban J connectivity index is 2.57. The highest BCUT2D eigenvalue weighted by Crippen LogP contribution is 2.24. The van der Waals surface area contributed by atoms with Crippen LogP contribution in [0.5, 0.6) is 0 Å². The number of ether oxygens (including phenoxy) is 1. The number of aliphatic hydroxyl groups excluding tert-OH is 1. The molecular formula is C13H25NO3. The molecule has 1 saturated heterocycles. The lowest BCUT2D eigenvalue weighted by atomic mass is 10.1. The van der Waals surface area contributed by atoms with Gasteiger partial charge in [-0.05, 0) is 33.6 Å². The molecule has 0 aromatic rings. The van der Waals surface area contributed by atoms with Crippen molar-refractivity contribution >= 4 is 6.09 Å². The van der Waals surface area contributed by atoms with Gasteiger partial charge in [-0.1, -0.05) is 19.8 Å². The van der Waals surface area contributed by atoms with E-state index in [0.717, 1.165) is 19.3 Å². The number of aliphatic hydroxyl groups is 1. The van der Waals surface area contributed by atoms with Crippen LogP contribution in [0.25, 0.3) is 0 Å². The van der Waals surface area contributed by atoms with Gasteiger partial charge in [-0.3, -0.25) is 0 Å². The lowest BCUT2D eigenvalue weighted by molar-refractivity contribution is 0.0201. The predicted octanol–water partition coefficient (Wildman–Crippen LogP) is 2.55. The highest BCUT2D eigenvalue weighted by atomic mass is 16.6. The molecule has 2 unspecified atom stereocenters. The molecule has 0 spiro atoms. The van der Waals surface area contributed by atoms with Crippen molar-refractivity contribution in [2.24, 2.45) is 0 Å². The van der Waals surface area contributed by atoms with Crippen molar-refractivity contribution < 1.29 is 14.6 Å². The zero-order valence-electron chi connectivity index (χ0n) is 11.4. The maximum absolute atomic E-state index is 12.0. The van der Waals surface area contributed by atoms with Gasteiger partial charge in [-0.15, -0.1) is 0 Å². The van der Waals surface area contributed by atoms with Crippen molar-refractivity contribution in [1.29, 1.82) is 0 Å². The molecule has 1 N–H and O–H groups in total. The molecule has 0 saturated carbocycles. The average molecular weight is 243 g/mol. The average Bonchev–Trinajstić information content (AvgIpc) is 2.54. The van der Waals surface area contributed by atoms with Crippen LogP contribution in [0.15, 0.2) is 0 Å². The van der Waals surface area contributed by atoms with E-state index >= 15 is 0 Å². The summed E-state index contributed by atoms with van der Waals surface area (Å²) in [6, 6.07) is 0.139. The monoisotopic (exact) mass is 243 g/mol. The Kier molecular flexibility index (Phi) is 4.80. The standard InChI is InChI=1S/C13H25NO3/c1-5-6-7-10-8-11(15)9-14(10)12(16)17-13(2,3)4/h10-11,15H,5-9H2,1-4H3. The normalized spacial score (nSPS) is 25.1. The van der Waals surface area contributed by atoms with Gasteiger partial charge < -0.3 is 14.7 Å². The molecule has 0 aromatic heterocycles. The first kappa shape index (κ1) is 14.3. The van der Waals surface area contributed by atoms with E-state index in [-0.39, 0.29) is 12.1 Å². The summed E-state index contributed by atoms with van der Waals surface area (Å²) in [6.07, 6.45) is 3.12. The van der Waals surface area contributed by atoms with E-state index in [9.17, 15) is 9.90 Å². The smallest absolute Gasteiger partial charge is 0.410 e. The lowest BCUT2D eigenvalue weighted by Gasteiger charge is -2.28. The molecule has 1 aliphatic rings. The van der Waals surface area contributed by atoms with E-state index in [4.69, 9.17) is 4.74 Å². The van der Waals surface area contributed by atoms with Gasteiger partial charge in [-0.2, -0.15) is 0 Å². The van der Waals surface area contributed by atoms with E-state index < -0.39 is 11.7 Å². The van der Waals surface area contributed by atoms with E-state index in [1.54, 1.807) is 4.90 Å². The number of hydrogen-bond donors (Lipinski definition) is 1. The number of unbranched alkanes of at least 4 members (excludes halogenated alkanes) is 1. The third kappa shape index (κ3) is 4.54. The van der Waals surface area contributed by atoms with Crippen LogP contribution in [0.1, 0.15) is 53.4 Å². The van der Waals surface area contributed by atoms with Gasteiger partial charge in [0, 0.05) is 6.04 Å². The summed E-state index contributed by atoms with van der Waals surface area (Å²) in [6.45, 7) is 8.11. The second kappa shape index (κ2) is 5.71. The molecule has 100 valence electrons. The van der Waals surface area contributed by atoms with Crippen LogP contribution in [0.3, 0.4) is 0 Å². The summed E-state index contributed by atoms with van der Waals surface area (Å²) in [4.78, 5) is 13.7. The lowest BCUT2D eigenvalue weighted by Crippen LogP contribution is -2.40. The van der Waals surface area contributed by atoms with Crippen LogP contribution in [0.2, 0.25) is 0 Å². The molecule has 1 fully saturated rings. The Bertz CT molecular complexity index is 260. The van der Waals surface area contributed by atoms with Crippen molar-refractivity contribution in [3.63, 3.8) is 0 Å². The van der Waals surface area contributed by atoms with Crippen LogP contribution in [0, 0.1) is 0 Å². The number of likely N-dealkylation sites (tertiary alicyclic amines) is 1. The van der Waals surface area contributed by atoms with Crippen molar-refractivity contribution in [3.05, 3.63) is 0 Å². The minimum Gasteiger partial charge on any atom is -0.444 e. The van der Waals surface area contributed by atoms with Crippen molar-refractivity contribution in [1.82, 2.24) is 4.90 Å². The first-order valence-electron chi connectivity index (χ1n) is 6.51. The molecule has 0 radical (unpaired) electrons. The van der Waals surface area contributed by atoms with E-state index in [1.165, 1.54) is 0 Å².